The monoisotopic (exact) mass is 440 g/mol. The van der Waals surface area contributed by atoms with Gasteiger partial charge in [0.2, 0.25) is 17.7 Å². The van der Waals surface area contributed by atoms with Crippen LogP contribution in [-0.4, -0.2) is 28.7 Å². The van der Waals surface area contributed by atoms with Crippen LogP contribution in [0.4, 0.5) is 0 Å². The maximum atomic E-state index is 13.7. The Morgan fingerprint density at radius 3 is 2.03 bits per heavy atom. The first-order valence-electron chi connectivity index (χ1n) is 12.0. The number of likely N-dealkylation sites (tertiary alicyclic amines) is 1. The van der Waals surface area contributed by atoms with E-state index in [4.69, 9.17) is 0 Å². The molecule has 8 unspecified atom stereocenters. The van der Waals surface area contributed by atoms with Crippen LogP contribution in [0.5, 0.6) is 0 Å². The van der Waals surface area contributed by atoms with Crippen LogP contribution in [-0.2, 0) is 20.8 Å². The fourth-order valence-electron chi connectivity index (χ4n) is 6.56. The lowest BCUT2D eigenvalue weighted by molar-refractivity contribution is -0.148. The zero-order chi connectivity index (χ0) is 22.7. The van der Waals surface area contributed by atoms with Crippen molar-refractivity contribution in [3.63, 3.8) is 0 Å². The van der Waals surface area contributed by atoms with Crippen LogP contribution in [0.2, 0.25) is 0 Å². The highest BCUT2D eigenvalue weighted by Gasteiger charge is 2.67. The summed E-state index contributed by atoms with van der Waals surface area (Å²) in [5.74, 6) is 0.195. The van der Waals surface area contributed by atoms with Gasteiger partial charge in [0.05, 0.1) is 17.9 Å². The molecule has 3 amide bonds. The van der Waals surface area contributed by atoms with Gasteiger partial charge >= 0.3 is 0 Å². The minimum Gasteiger partial charge on any atom is -0.348 e. The first kappa shape index (κ1) is 20.4. The van der Waals surface area contributed by atoms with Gasteiger partial charge in [-0.25, -0.2) is 0 Å². The molecule has 8 atom stereocenters. The zero-order valence-corrected chi connectivity index (χ0v) is 18.6. The summed E-state index contributed by atoms with van der Waals surface area (Å²) in [6.07, 6.45) is 5.77. The van der Waals surface area contributed by atoms with E-state index in [-0.39, 0.29) is 47.4 Å². The Morgan fingerprint density at radius 1 is 0.909 bits per heavy atom. The van der Waals surface area contributed by atoms with Gasteiger partial charge in [0.15, 0.2) is 0 Å². The summed E-state index contributed by atoms with van der Waals surface area (Å²) in [7, 11) is 0. The number of nitrogens with one attached hydrogen (secondary N) is 1. The predicted octanol–water partition coefficient (Wildman–Crippen LogP) is 3.53. The minimum absolute atomic E-state index is 0.148. The third kappa shape index (κ3) is 3.25. The number of hydrogen-bond acceptors (Lipinski definition) is 3. The SMILES string of the molecule is CC(NC(=O)C(Cc1ccccc1)N1C(=O)C2C3C=CC(C4CC34)C2C1=O)c1ccccc1. The van der Waals surface area contributed by atoms with Gasteiger partial charge in [-0.1, -0.05) is 72.8 Å². The molecule has 7 rings (SSSR count). The standard InChI is InChI=1S/C28H28N2O3/c1-16(18-10-6-3-7-11-18)29-26(31)23(14-17-8-4-2-5-9-17)30-27(32)24-19-12-13-20(22-15-21(19)22)25(24)28(30)33/h2-13,16,19-25H,14-15H2,1H3,(H,29,31). The molecule has 5 heteroatoms. The molecule has 168 valence electrons. The van der Waals surface area contributed by atoms with Crippen molar-refractivity contribution < 1.29 is 14.4 Å². The van der Waals surface area contributed by atoms with Crippen molar-refractivity contribution in [2.75, 3.05) is 0 Å². The molecule has 2 bridgehead atoms. The second-order valence-electron chi connectivity index (χ2n) is 10.0. The molecule has 33 heavy (non-hydrogen) atoms. The summed E-state index contributed by atoms with van der Waals surface area (Å²) in [5, 5.41) is 3.07. The topological polar surface area (TPSA) is 66.5 Å². The van der Waals surface area contributed by atoms with E-state index in [0.717, 1.165) is 17.5 Å². The van der Waals surface area contributed by atoms with E-state index >= 15 is 0 Å². The molecule has 4 aliphatic carbocycles. The van der Waals surface area contributed by atoms with Gasteiger partial charge in [-0.2, -0.15) is 0 Å². The third-order valence-corrected chi connectivity index (χ3v) is 8.24. The van der Waals surface area contributed by atoms with E-state index in [1.807, 2.05) is 67.6 Å². The summed E-state index contributed by atoms with van der Waals surface area (Å²) < 4.78 is 0. The first-order chi connectivity index (χ1) is 16.0. The quantitative estimate of drug-likeness (QED) is 0.552. The van der Waals surface area contributed by atoms with Crippen LogP contribution < -0.4 is 5.32 Å². The highest BCUT2D eigenvalue weighted by molar-refractivity contribution is 6.09. The molecule has 0 radical (unpaired) electrons. The third-order valence-electron chi connectivity index (χ3n) is 8.24. The van der Waals surface area contributed by atoms with Crippen LogP contribution in [0.3, 0.4) is 0 Å². The number of benzene rings is 2. The predicted molar refractivity (Wildman–Crippen MR) is 123 cm³/mol. The molecule has 0 spiro atoms. The normalized spacial score (nSPS) is 32.8. The van der Waals surface area contributed by atoms with E-state index in [9.17, 15) is 14.4 Å². The van der Waals surface area contributed by atoms with Crippen molar-refractivity contribution >= 4 is 17.7 Å². The number of carbonyl (C=O) groups is 3. The maximum Gasteiger partial charge on any atom is 0.244 e. The molecule has 1 N–H and O–H groups in total. The first-order valence-corrected chi connectivity index (χ1v) is 12.0. The van der Waals surface area contributed by atoms with Gasteiger partial charge in [0.25, 0.3) is 0 Å². The van der Waals surface area contributed by atoms with E-state index in [1.165, 1.54) is 4.90 Å². The number of allylic oxidation sites excluding steroid dienone is 2. The zero-order valence-electron chi connectivity index (χ0n) is 18.6. The molecule has 1 heterocycles. The van der Waals surface area contributed by atoms with Crippen LogP contribution in [0, 0.1) is 35.5 Å². The summed E-state index contributed by atoms with van der Waals surface area (Å²) >= 11 is 0. The molecule has 1 saturated heterocycles. The van der Waals surface area contributed by atoms with Crippen molar-refractivity contribution in [3.8, 4) is 0 Å². The molecular weight excluding hydrogens is 412 g/mol. The summed E-state index contributed by atoms with van der Waals surface area (Å²) in [6.45, 7) is 1.93. The Kier molecular flexibility index (Phi) is 4.75. The molecule has 2 aromatic carbocycles. The molecule has 3 fully saturated rings. The molecule has 1 aliphatic heterocycles. The fraction of sp³-hybridized carbons (Fsp3) is 0.393. The number of nitrogens with zero attached hydrogens (tertiary/aromatic N) is 1. The fourth-order valence-corrected chi connectivity index (χ4v) is 6.56. The smallest absolute Gasteiger partial charge is 0.244 e. The van der Waals surface area contributed by atoms with E-state index < -0.39 is 6.04 Å². The van der Waals surface area contributed by atoms with Crippen molar-refractivity contribution in [3.05, 3.63) is 83.9 Å². The lowest BCUT2D eigenvalue weighted by atomic mass is 9.63. The van der Waals surface area contributed by atoms with Crippen molar-refractivity contribution in [2.45, 2.75) is 31.8 Å². The Morgan fingerprint density at radius 2 is 1.45 bits per heavy atom. The van der Waals surface area contributed by atoms with Gasteiger partial charge in [-0.15, -0.1) is 0 Å². The van der Waals surface area contributed by atoms with Gasteiger partial charge in [0.1, 0.15) is 6.04 Å². The summed E-state index contributed by atoms with van der Waals surface area (Å²) in [6, 6.07) is 18.3. The van der Waals surface area contributed by atoms with Crippen LogP contribution in [0.1, 0.15) is 30.5 Å². The Balaban J connectivity index is 1.31. The van der Waals surface area contributed by atoms with Gasteiger partial charge < -0.3 is 5.32 Å². The lowest BCUT2D eigenvalue weighted by Gasteiger charge is -2.37. The average Bonchev–Trinajstić information content (AvgIpc) is 3.62. The van der Waals surface area contributed by atoms with E-state index in [2.05, 4.69) is 17.5 Å². The number of hydrogen-bond donors (Lipinski definition) is 1. The van der Waals surface area contributed by atoms with Crippen LogP contribution >= 0.6 is 0 Å². The largest absolute Gasteiger partial charge is 0.348 e. The molecule has 2 saturated carbocycles. The average molecular weight is 441 g/mol. The highest BCUT2D eigenvalue weighted by Crippen LogP contribution is 2.65. The Labute approximate surface area is 193 Å². The minimum atomic E-state index is -0.847. The van der Waals surface area contributed by atoms with Crippen LogP contribution in [0.15, 0.2) is 72.8 Å². The maximum absolute atomic E-state index is 13.7. The molecular formula is C28H28N2O3. The molecule has 2 aromatic rings. The van der Waals surface area contributed by atoms with Gasteiger partial charge in [-0.05, 0) is 48.1 Å². The second-order valence-corrected chi connectivity index (χ2v) is 10.0. The number of imide groups is 1. The molecule has 5 nitrogen and oxygen atoms in total. The van der Waals surface area contributed by atoms with E-state index in [1.54, 1.807) is 0 Å². The van der Waals surface area contributed by atoms with E-state index in [0.29, 0.717) is 18.3 Å². The van der Waals surface area contributed by atoms with Crippen LogP contribution in [0.25, 0.3) is 0 Å². The van der Waals surface area contributed by atoms with Crippen molar-refractivity contribution in [2.24, 2.45) is 35.5 Å². The lowest BCUT2D eigenvalue weighted by Crippen LogP contribution is -2.51. The summed E-state index contributed by atoms with van der Waals surface area (Å²) in [5.41, 5.74) is 1.92. The Hall–Kier alpha value is -3.21. The number of carbonyl (C=O) groups excluding carboxylic acids is 3. The van der Waals surface area contributed by atoms with Crippen molar-refractivity contribution in [1.29, 1.82) is 0 Å². The van der Waals surface area contributed by atoms with Gasteiger partial charge in [-0.3, -0.25) is 19.3 Å². The van der Waals surface area contributed by atoms with Gasteiger partial charge in [0, 0.05) is 6.42 Å². The number of amides is 3. The summed E-state index contributed by atoms with van der Waals surface area (Å²) in [4.78, 5) is 42.3. The molecule has 0 aromatic heterocycles. The highest BCUT2D eigenvalue weighted by atomic mass is 16.2. The van der Waals surface area contributed by atoms with Crippen molar-refractivity contribution in [1.82, 2.24) is 10.2 Å². The second kappa shape index (κ2) is 7.68. The Bertz CT molecular complexity index is 1090. The number of rotatable bonds is 6. The molecule has 5 aliphatic rings.